The van der Waals surface area contributed by atoms with E-state index in [1.165, 1.54) is 12.1 Å². The maximum absolute atomic E-state index is 14.2. The van der Waals surface area contributed by atoms with E-state index in [1.807, 2.05) is 6.92 Å². The second-order valence-electron chi connectivity index (χ2n) is 6.10. The largest absolute Gasteiger partial charge is 0.382 e. The Hall–Kier alpha value is -2.80. The van der Waals surface area contributed by atoms with Crippen LogP contribution in [0.2, 0.25) is 0 Å². The van der Waals surface area contributed by atoms with Crippen molar-refractivity contribution in [2.45, 2.75) is 20.3 Å². The molecule has 0 saturated heterocycles. The average molecular weight is 373 g/mol. The van der Waals surface area contributed by atoms with Crippen molar-refractivity contribution in [2.75, 3.05) is 19.8 Å². The first kappa shape index (κ1) is 19.0. The van der Waals surface area contributed by atoms with E-state index >= 15 is 0 Å². The number of nitrogens with zero attached hydrogens (tertiary/aromatic N) is 2. The highest BCUT2D eigenvalue weighted by Gasteiger charge is 2.15. The molecule has 0 saturated carbocycles. The lowest BCUT2D eigenvalue weighted by Crippen LogP contribution is -2.25. The Labute approximate surface area is 156 Å². The summed E-state index contributed by atoms with van der Waals surface area (Å²) in [6, 6.07) is 8.46. The molecule has 2 aromatic carbocycles. The molecule has 0 fully saturated rings. The van der Waals surface area contributed by atoms with Gasteiger partial charge in [0, 0.05) is 31.4 Å². The second kappa shape index (κ2) is 8.26. The molecule has 0 aliphatic heterocycles. The predicted octanol–water partition coefficient (Wildman–Crippen LogP) is 3.77. The van der Waals surface area contributed by atoms with E-state index in [0.29, 0.717) is 42.2 Å². The van der Waals surface area contributed by atoms with Crippen LogP contribution in [0.4, 0.5) is 8.78 Å². The number of rotatable bonds is 7. The Morgan fingerprint density at radius 3 is 2.78 bits per heavy atom. The minimum absolute atomic E-state index is 0.200. The molecule has 1 amide bonds. The third-order valence-electron chi connectivity index (χ3n) is 4.19. The van der Waals surface area contributed by atoms with Crippen LogP contribution in [0.3, 0.4) is 0 Å². The molecule has 5 nitrogen and oxygen atoms in total. The lowest BCUT2D eigenvalue weighted by Gasteiger charge is -2.09. The van der Waals surface area contributed by atoms with Crippen molar-refractivity contribution in [1.29, 1.82) is 0 Å². The average Bonchev–Trinajstić information content (AvgIpc) is 2.96. The van der Waals surface area contributed by atoms with Crippen molar-refractivity contribution < 1.29 is 18.3 Å². The van der Waals surface area contributed by atoms with Crippen LogP contribution in [0.1, 0.15) is 29.5 Å². The number of hydrogen-bond donors (Lipinski definition) is 1. The number of benzene rings is 2. The number of ether oxygens (including phenoxy) is 1. The van der Waals surface area contributed by atoms with Crippen molar-refractivity contribution in [3.63, 3.8) is 0 Å². The van der Waals surface area contributed by atoms with Gasteiger partial charge in [0.2, 0.25) is 0 Å². The Morgan fingerprint density at radius 2 is 2.04 bits per heavy atom. The van der Waals surface area contributed by atoms with Crippen LogP contribution in [0.15, 0.2) is 36.4 Å². The van der Waals surface area contributed by atoms with Gasteiger partial charge in [0.15, 0.2) is 0 Å². The number of amides is 1. The lowest BCUT2D eigenvalue weighted by molar-refractivity contribution is 0.0944. The molecule has 0 aliphatic carbocycles. The number of carbonyl (C=O) groups excluding carboxylic acids is 1. The molecule has 0 atom stereocenters. The number of hydrogen-bond acceptors (Lipinski definition) is 3. The maximum Gasteiger partial charge on any atom is 0.251 e. The first-order valence-electron chi connectivity index (χ1n) is 8.81. The first-order chi connectivity index (χ1) is 13.0. The van der Waals surface area contributed by atoms with Crippen LogP contribution in [0.25, 0.3) is 16.7 Å². The van der Waals surface area contributed by atoms with Crippen LogP contribution in [-0.2, 0) is 4.74 Å². The minimum atomic E-state index is -0.673. The van der Waals surface area contributed by atoms with Crippen molar-refractivity contribution >= 4 is 16.9 Å². The standard InChI is InChI=1S/C20H21F2N3O2/c1-3-27-10-4-9-23-20(26)14-5-7-19-17(11-14)24-13(2)25(19)18-8-6-15(21)12-16(18)22/h5-8,11-12H,3-4,9-10H2,1-2H3,(H,23,26). The summed E-state index contributed by atoms with van der Waals surface area (Å²) in [5.74, 6) is -0.964. The molecule has 7 heteroatoms. The van der Waals surface area contributed by atoms with Crippen LogP contribution < -0.4 is 5.32 Å². The molecule has 27 heavy (non-hydrogen) atoms. The Morgan fingerprint density at radius 1 is 1.22 bits per heavy atom. The molecule has 0 unspecified atom stereocenters. The van der Waals surface area contributed by atoms with E-state index < -0.39 is 11.6 Å². The molecule has 0 aliphatic rings. The van der Waals surface area contributed by atoms with E-state index in [2.05, 4.69) is 10.3 Å². The van der Waals surface area contributed by atoms with Crippen molar-refractivity contribution in [3.05, 3.63) is 59.4 Å². The molecule has 1 aromatic heterocycles. The molecule has 142 valence electrons. The highest BCUT2D eigenvalue weighted by atomic mass is 19.1. The molecule has 0 radical (unpaired) electrons. The van der Waals surface area contributed by atoms with Gasteiger partial charge in [-0.25, -0.2) is 13.8 Å². The Bertz CT molecular complexity index is 969. The van der Waals surface area contributed by atoms with Gasteiger partial charge in [-0.05, 0) is 50.6 Å². The van der Waals surface area contributed by atoms with Crippen LogP contribution >= 0.6 is 0 Å². The number of nitrogens with one attached hydrogen (secondary N) is 1. The van der Waals surface area contributed by atoms with E-state index in [0.717, 1.165) is 12.5 Å². The van der Waals surface area contributed by atoms with Gasteiger partial charge < -0.3 is 10.1 Å². The highest BCUT2D eigenvalue weighted by Crippen LogP contribution is 2.24. The summed E-state index contributed by atoms with van der Waals surface area (Å²) < 4.78 is 34.2. The molecule has 3 aromatic rings. The topological polar surface area (TPSA) is 56.1 Å². The fraction of sp³-hybridized carbons (Fsp3) is 0.300. The van der Waals surface area contributed by atoms with E-state index in [4.69, 9.17) is 4.74 Å². The maximum atomic E-state index is 14.2. The molecule has 3 rings (SSSR count). The summed E-state index contributed by atoms with van der Waals surface area (Å²) in [6.45, 7) is 5.43. The minimum Gasteiger partial charge on any atom is -0.382 e. The van der Waals surface area contributed by atoms with Gasteiger partial charge in [0.25, 0.3) is 5.91 Å². The summed E-state index contributed by atoms with van der Waals surface area (Å²) >= 11 is 0. The van der Waals surface area contributed by atoms with Gasteiger partial charge in [-0.15, -0.1) is 0 Å². The number of imidazole rings is 1. The van der Waals surface area contributed by atoms with Crippen molar-refractivity contribution in [1.82, 2.24) is 14.9 Å². The summed E-state index contributed by atoms with van der Waals surface area (Å²) in [5, 5.41) is 2.84. The normalized spacial score (nSPS) is 11.1. The third kappa shape index (κ3) is 4.14. The van der Waals surface area contributed by atoms with Crippen LogP contribution in [-0.4, -0.2) is 35.2 Å². The summed E-state index contributed by atoms with van der Waals surface area (Å²) in [7, 11) is 0. The predicted molar refractivity (Wildman–Crippen MR) is 99.2 cm³/mol. The molecule has 0 bridgehead atoms. The summed E-state index contributed by atoms with van der Waals surface area (Å²) in [4.78, 5) is 16.7. The van der Waals surface area contributed by atoms with Gasteiger partial charge in [0.05, 0.1) is 16.7 Å². The van der Waals surface area contributed by atoms with Gasteiger partial charge in [-0.2, -0.15) is 0 Å². The van der Waals surface area contributed by atoms with E-state index in [-0.39, 0.29) is 11.6 Å². The lowest BCUT2D eigenvalue weighted by atomic mass is 10.2. The molecule has 0 spiro atoms. The second-order valence-corrected chi connectivity index (χ2v) is 6.10. The fourth-order valence-electron chi connectivity index (χ4n) is 2.93. The molecular weight excluding hydrogens is 352 g/mol. The molecule has 1 N–H and O–H groups in total. The van der Waals surface area contributed by atoms with Gasteiger partial charge >= 0.3 is 0 Å². The number of aryl methyl sites for hydroxylation is 1. The van der Waals surface area contributed by atoms with Gasteiger partial charge in [-0.1, -0.05) is 0 Å². The summed E-state index contributed by atoms with van der Waals surface area (Å²) in [6.07, 6.45) is 0.736. The summed E-state index contributed by atoms with van der Waals surface area (Å²) in [5.41, 5.74) is 1.90. The van der Waals surface area contributed by atoms with Gasteiger partial charge in [-0.3, -0.25) is 9.36 Å². The van der Waals surface area contributed by atoms with Crippen LogP contribution in [0.5, 0.6) is 0 Å². The van der Waals surface area contributed by atoms with E-state index in [1.54, 1.807) is 29.7 Å². The fourth-order valence-corrected chi connectivity index (χ4v) is 2.93. The zero-order valence-electron chi connectivity index (χ0n) is 15.3. The number of halogens is 2. The molecular formula is C20H21F2N3O2. The van der Waals surface area contributed by atoms with E-state index in [9.17, 15) is 13.6 Å². The smallest absolute Gasteiger partial charge is 0.251 e. The Balaban J connectivity index is 1.84. The number of fused-ring (bicyclic) bond motifs is 1. The molecule has 1 heterocycles. The number of aromatic nitrogens is 2. The van der Waals surface area contributed by atoms with Crippen molar-refractivity contribution in [3.8, 4) is 5.69 Å². The number of carbonyl (C=O) groups is 1. The van der Waals surface area contributed by atoms with Crippen molar-refractivity contribution in [2.24, 2.45) is 0 Å². The zero-order valence-corrected chi connectivity index (χ0v) is 15.3. The SMILES string of the molecule is CCOCCCNC(=O)c1ccc2c(c1)nc(C)n2-c1ccc(F)cc1F. The monoisotopic (exact) mass is 373 g/mol. The first-order valence-corrected chi connectivity index (χ1v) is 8.81. The third-order valence-corrected chi connectivity index (χ3v) is 4.19. The zero-order chi connectivity index (χ0) is 19.4. The Kier molecular flexibility index (Phi) is 5.81. The quantitative estimate of drug-likeness (QED) is 0.642. The van der Waals surface area contributed by atoms with Gasteiger partial charge in [0.1, 0.15) is 17.5 Å². The highest BCUT2D eigenvalue weighted by molar-refractivity contribution is 5.97. The van der Waals surface area contributed by atoms with Crippen LogP contribution in [0, 0.1) is 18.6 Å².